The van der Waals surface area contributed by atoms with Crippen LogP contribution in [0.25, 0.3) is 0 Å². The Kier molecular flexibility index (Phi) is 63.4. The van der Waals surface area contributed by atoms with E-state index in [9.17, 15) is 43.2 Å². The van der Waals surface area contributed by atoms with Crippen molar-refractivity contribution in [2.75, 3.05) is 39.6 Å². The van der Waals surface area contributed by atoms with Crippen molar-refractivity contribution in [2.24, 2.45) is 17.8 Å². The summed E-state index contributed by atoms with van der Waals surface area (Å²) >= 11 is 0. The number of hydrogen-bond acceptors (Lipinski definition) is 15. The van der Waals surface area contributed by atoms with Crippen molar-refractivity contribution in [1.29, 1.82) is 0 Å². The Morgan fingerprint density at radius 3 is 0.817 bits per heavy atom. The topological polar surface area (TPSA) is 237 Å². The van der Waals surface area contributed by atoms with Gasteiger partial charge in [0.25, 0.3) is 0 Å². The second-order valence-electron chi connectivity index (χ2n) is 27.9. The molecule has 0 aromatic rings. The summed E-state index contributed by atoms with van der Waals surface area (Å²) in [6.45, 7) is 11.9. The maximum absolute atomic E-state index is 13.1. The summed E-state index contributed by atoms with van der Waals surface area (Å²) in [5.74, 6) is 0.221. The van der Waals surface area contributed by atoms with Crippen LogP contribution in [0.3, 0.4) is 0 Å². The number of aliphatic hydroxyl groups is 1. The van der Waals surface area contributed by atoms with Gasteiger partial charge in [0, 0.05) is 25.7 Å². The minimum absolute atomic E-state index is 0.105. The fourth-order valence-electron chi connectivity index (χ4n) is 11.2. The molecular formula is C74H144O17P2. The van der Waals surface area contributed by atoms with Gasteiger partial charge in [-0.25, -0.2) is 9.13 Å². The van der Waals surface area contributed by atoms with Gasteiger partial charge in [-0.3, -0.25) is 37.3 Å². The van der Waals surface area contributed by atoms with Crippen molar-refractivity contribution in [3.05, 3.63) is 0 Å². The lowest BCUT2D eigenvalue weighted by molar-refractivity contribution is -0.161. The Bertz CT molecular complexity index is 1820. The van der Waals surface area contributed by atoms with Crippen LogP contribution in [0.5, 0.6) is 0 Å². The molecule has 0 saturated carbocycles. The van der Waals surface area contributed by atoms with Gasteiger partial charge in [0.05, 0.1) is 26.4 Å². The number of hydrogen-bond donors (Lipinski definition) is 3. The van der Waals surface area contributed by atoms with Gasteiger partial charge in [0.2, 0.25) is 0 Å². The van der Waals surface area contributed by atoms with Gasteiger partial charge in [-0.05, 0) is 43.4 Å². The van der Waals surface area contributed by atoms with E-state index in [1.165, 1.54) is 186 Å². The normalized spacial score (nSPS) is 14.4. The van der Waals surface area contributed by atoms with Gasteiger partial charge in [0.1, 0.15) is 19.3 Å². The first-order valence-electron chi connectivity index (χ1n) is 38.4. The van der Waals surface area contributed by atoms with Crippen LogP contribution < -0.4 is 0 Å². The minimum Gasteiger partial charge on any atom is -0.462 e. The number of ether oxygens (including phenoxy) is 4. The third kappa shape index (κ3) is 67.0. The Morgan fingerprint density at radius 2 is 0.548 bits per heavy atom. The van der Waals surface area contributed by atoms with Crippen molar-refractivity contribution >= 4 is 39.5 Å². The summed E-state index contributed by atoms with van der Waals surface area (Å²) in [5.41, 5.74) is 0. The average molecular weight is 1370 g/mol. The maximum Gasteiger partial charge on any atom is 0.472 e. The maximum atomic E-state index is 13.1. The number of unbranched alkanes of at least 4 members (excludes halogenated alkanes) is 39. The van der Waals surface area contributed by atoms with Gasteiger partial charge < -0.3 is 33.8 Å². The van der Waals surface area contributed by atoms with Crippen LogP contribution in [-0.2, 0) is 65.4 Å². The highest BCUT2D eigenvalue weighted by Gasteiger charge is 2.30. The van der Waals surface area contributed by atoms with Gasteiger partial charge in [-0.2, -0.15) is 0 Å². The van der Waals surface area contributed by atoms with Crippen LogP contribution in [0.15, 0.2) is 0 Å². The summed E-state index contributed by atoms with van der Waals surface area (Å²) in [6, 6.07) is 0. The van der Waals surface area contributed by atoms with E-state index < -0.39 is 97.5 Å². The lowest BCUT2D eigenvalue weighted by Gasteiger charge is -2.21. The van der Waals surface area contributed by atoms with Crippen LogP contribution in [0.1, 0.15) is 376 Å². The first kappa shape index (κ1) is 91.1. The molecule has 3 N–H and O–H groups in total. The Balaban J connectivity index is 5.25. The van der Waals surface area contributed by atoms with E-state index in [-0.39, 0.29) is 25.7 Å². The predicted octanol–water partition coefficient (Wildman–Crippen LogP) is 21.4. The highest BCUT2D eigenvalue weighted by Crippen LogP contribution is 2.45. The molecule has 0 bridgehead atoms. The number of carbonyl (C=O) groups is 4. The predicted molar refractivity (Wildman–Crippen MR) is 377 cm³/mol. The van der Waals surface area contributed by atoms with Gasteiger partial charge in [-0.1, -0.05) is 325 Å². The van der Waals surface area contributed by atoms with Crippen molar-refractivity contribution in [3.8, 4) is 0 Å². The summed E-state index contributed by atoms with van der Waals surface area (Å²) in [7, 11) is -9.91. The molecule has 0 heterocycles. The van der Waals surface area contributed by atoms with E-state index in [1.54, 1.807) is 0 Å². The number of phosphoric ester groups is 2. The van der Waals surface area contributed by atoms with Crippen molar-refractivity contribution in [2.45, 2.75) is 394 Å². The molecule has 93 heavy (non-hydrogen) atoms. The van der Waals surface area contributed by atoms with Crippen LogP contribution in [-0.4, -0.2) is 96.7 Å². The molecule has 0 rings (SSSR count). The van der Waals surface area contributed by atoms with E-state index in [4.69, 9.17) is 37.0 Å². The molecule has 0 aromatic carbocycles. The highest BCUT2D eigenvalue weighted by atomic mass is 31.2. The van der Waals surface area contributed by atoms with Gasteiger partial charge in [-0.15, -0.1) is 0 Å². The molecule has 552 valence electrons. The molecule has 6 atom stereocenters. The van der Waals surface area contributed by atoms with E-state index in [1.807, 2.05) is 0 Å². The van der Waals surface area contributed by atoms with Crippen molar-refractivity contribution in [1.82, 2.24) is 0 Å². The second kappa shape index (κ2) is 64.7. The molecular weight excluding hydrogens is 1220 g/mol. The standard InChI is InChI=1S/C74H144O17P2/c1-8-10-11-12-13-14-27-34-41-48-55-71(76)84-61-70(91-74(79)58-51-44-37-30-23-25-32-39-46-53-66(5)6)64-89-93(82,83)87-60-68(75)59-86-92(80,81)88-63-69(62-85-72(77)56-49-42-35-28-22-21-26-33-40-47-54-67(7)9-2)90-73(78)57-50-43-36-29-20-18-16-15-17-19-24-31-38-45-52-65(3)4/h65-70,75H,8-64H2,1-7H3,(H,80,81)(H,82,83)/t67?,68-,69-,70-/m1/s1. The SMILES string of the molecule is CCCCCCCCCCCCC(=O)OC[C@H](COP(=O)(O)OC[C@H](O)COP(=O)(O)OC[C@@H](COC(=O)CCCCCCCCCCCCC(C)CC)OC(=O)CCCCCCCCCCCCCCCCC(C)C)OC(=O)CCCCCCCCCCCC(C)C. The zero-order chi connectivity index (χ0) is 68.7. The van der Waals surface area contributed by atoms with E-state index in [0.29, 0.717) is 25.7 Å². The Hall–Kier alpha value is -1.94. The number of carbonyl (C=O) groups excluding carboxylic acids is 4. The quantitative estimate of drug-likeness (QED) is 0.0222. The highest BCUT2D eigenvalue weighted by molar-refractivity contribution is 7.47. The first-order valence-corrected chi connectivity index (χ1v) is 41.4. The summed E-state index contributed by atoms with van der Waals surface area (Å²) < 4.78 is 68.4. The van der Waals surface area contributed by atoms with E-state index >= 15 is 0 Å². The fraction of sp³-hybridized carbons (Fsp3) is 0.946. The van der Waals surface area contributed by atoms with Gasteiger partial charge in [0.15, 0.2) is 12.2 Å². The zero-order valence-corrected chi connectivity index (χ0v) is 62.5. The van der Waals surface area contributed by atoms with Crippen LogP contribution in [0.2, 0.25) is 0 Å². The van der Waals surface area contributed by atoms with Crippen LogP contribution in [0, 0.1) is 17.8 Å². The summed E-state index contributed by atoms with van der Waals surface area (Å²) in [6.07, 6.45) is 49.8. The van der Waals surface area contributed by atoms with Crippen molar-refractivity contribution < 1.29 is 80.2 Å². The van der Waals surface area contributed by atoms with Crippen LogP contribution in [0.4, 0.5) is 0 Å². The number of rotatable bonds is 72. The third-order valence-electron chi connectivity index (χ3n) is 17.5. The molecule has 0 aliphatic carbocycles. The molecule has 0 radical (unpaired) electrons. The van der Waals surface area contributed by atoms with E-state index in [0.717, 1.165) is 108 Å². The number of esters is 4. The van der Waals surface area contributed by atoms with Crippen molar-refractivity contribution in [3.63, 3.8) is 0 Å². The lowest BCUT2D eigenvalue weighted by atomic mass is 9.99. The largest absolute Gasteiger partial charge is 0.472 e. The molecule has 0 amide bonds. The fourth-order valence-corrected chi connectivity index (χ4v) is 12.8. The Labute approximate surface area is 568 Å². The monoisotopic (exact) mass is 1370 g/mol. The van der Waals surface area contributed by atoms with E-state index in [2.05, 4.69) is 48.5 Å². The van der Waals surface area contributed by atoms with Crippen LogP contribution >= 0.6 is 15.6 Å². The first-order chi connectivity index (χ1) is 44.8. The molecule has 0 spiro atoms. The van der Waals surface area contributed by atoms with Gasteiger partial charge >= 0.3 is 39.5 Å². The third-order valence-corrected chi connectivity index (χ3v) is 19.4. The summed E-state index contributed by atoms with van der Waals surface area (Å²) in [4.78, 5) is 72.7. The summed E-state index contributed by atoms with van der Waals surface area (Å²) in [5, 5.41) is 10.6. The molecule has 0 fully saturated rings. The number of phosphoric acid groups is 2. The second-order valence-corrected chi connectivity index (χ2v) is 30.8. The molecule has 0 aliphatic rings. The molecule has 0 aliphatic heterocycles. The minimum atomic E-state index is -4.96. The molecule has 3 unspecified atom stereocenters. The Morgan fingerprint density at radius 1 is 0.312 bits per heavy atom. The zero-order valence-electron chi connectivity index (χ0n) is 60.7. The lowest BCUT2D eigenvalue weighted by Crippen LogP contribution is -2.30. The smallest absolute Gasteiger partial charge is 0.462 e. The molecule has 17 nitrogen and oxygen atoms in total. The molecule has 0 aromatic heterocycles. The average Bonchev–Trinajstić information content (AvgIpc) is 3.73. The molecule has 0 saturated heterocycles. The number of aliphatic hydroxyl groups excluding tert-OH is 1. The molecule has 19 heteroatoms.